The molecular weight excluding hydrogens is 172 g/mol. The summed E-state index contributed by atoms with van der Waals surface area (Å²) in [5, 5.41) is 27.5. The fraction of sp³-hybridized carbons (Fsp3) is 0.333. The molecule has 1 rings (SSSR count). The third kappa shape index (κ3) is 2.03. The van der Waals surface area contributed by atoms with Crippen molar-refractivity contribution in [3.8, 4) is 17.2 Å². The molecule has 4 heteroatoms. The fourth-order valence-electron chi connectivity index (χ4n) is 1.02. The van der Waals surface area contributed by atoms with Gasteiger partial charge in [-0.25, -0.2) is 0 Å². The molecular formula is C9H12O4. The van der Waals surface area contributed by atoms with Crippen LogP contribution in [0, 0.1) is 0 Å². The highest BCUT2D eigenvalue weighted by Gasteiger charge is 2.09. The molecule has 0 saturated carbocycles. The third-order valence-corrected chi connectivity index (χ3v) is 1.79. The summed E-state index contributed by atoms with van der Waals surface area (Å²) in [7, 11) is 1.55. The second-order valence-electron chi connectivity index (χ2n) is 2.68. The molecule has 3 N–H and O–H groups in total. The van der Waals surface area contributed by atoms with Gasteiger partial charge in [0.1, 0.15) is 0 Å². The van der Waals surface area contributed by atoms with Gasteiger partial charge in [-0.3, -0.25) is 0 Å². The maximum atomic E-state index is 9.34. The predicted octanol–water partition coefficient (Wildman–Crippen LogP) is 0.992. The van der Waals surface area contributed by atoms with Gasteiger partial charge >= 0.3 is 0 Å². The Bertz CT molecular complexity index is 296. The molecule has 0 atom stereocenters. The van der Waals surface area contributed by atoms with Gasteiger partial charge in [-0.2, -0.15) is 0 Å². The van der Waals surface area contributed by atoms with E-state index in [1.807, 2.05) is 0 Å². The van der Waals surface area contributed by atoms with E-state index in [0.29, 0.717) is 18.6 Å². The minimum Gasteiger partial charge on any atom is -0.504 e. The van der Waals surface area contributed by atoms with Crippen molar-refractivity contribution in [1.29, 1.82) is 0 Å². The molecule has 0 unspecified atom stereocenters. The van der Waals surface area contributed by atoms with Crippen LogP contribution in [-0.4, -0.2) is 29.0 Å². The molecule has 72 valence electrons. The first kappa shape index (κ1) is 9.67. The maximum absolute atomic E-state index is 9.34. The van der Waals surface area contributed by atoms with Crippen LogP contribution in [-0.2, 0) is 11.2 Å². The first-order chi connectivity index (χ1) is 6.16. The van der Waals surface area contributed by atoms with Crippen LogP contribution in [0.1, 0.15) is 5.56 Å². The van der Waals surface area contributed by atoms with Crippen molar-refractivity contribution in [3.63, 3.8) is 0 Å². The number of phenolic OH excluding ortho intramolecular Hbond substituents is 3. The molecule has 0 aromatic heterocycles. The topological polar surface area (TPSA) is 69.9 Å². The molecule has 0 saturated heterocycles. The Hall–Kier alpha value is -1.42. The number of methoxy groups -OCH3 is 1. The van der Waals surface area contributed by atoms with E-state index in [1.54, 1.807) is 13.2 Å². The lowest BCUT2D eigenvalue weighted by Crippen LogP contribution is -1.94. The van der Waals surface area contributed by atoms with Gasteiger partial charge in [0.15, 0.2) is 11.5 Å². The average Bonchev–Trinajstić information content (AvgIpc) is 2.13. The molecule has 0 aliphatic heterocycles. The quantitative estimate of drug-likeness (QED) is 0.613. The smallest absolute Gasteiger partial charge is 0.200 e. The highest BCUT2D eigenvalue weighted by molar-refractivity contribution is 5.53. The van der Waals surface area contributed by atoms with Crippen LogP contribution in [0.25, 0.3) is 0 Å². The van der Waals surface area contributed by atoms with Crippen molar-refractivity contribution in [1.82, 2.24) is 0 Å². The van der Waals surface area contributed by atoms with E-state index in [-0.39, 0.29) is 11.5 Å². The van der Waals surface area contributed by atoms with E-state index in [4.69, 9.17) is 14.9 Å². The summed E-state index contributed by atoms with van der Waals surface area (Å²) in [4.78, 5) is 0. The summed E-state index contributed by atoms with van der Waals surface area (Å²) in [5.41, 5.74) is 0.553. The van der Waals surface area contributed by atoms with Gasteiger partial charge in [-0.1, -0.05) is 6.07 Å². The zero-order valence-corrected chi connectivity index (χ0v) is 7.32. The monoisotopic (exact) mass is 184 g/mol. The van der Waals surface area contributed by atoms with E-state index in [0.717, 1.165) is 0 Å². The highest BCUT2D eigenvalue weighted by atomic mass is 16.5. The summed E-state index contributed by atoms with van der Waals surface area (Å²) in [5.74, 6) is -1.08. The Labute approximate surface area is 76.0 Å². The lowest BCUT2D eigenvalue weighted by Gasteiger charge is -2.06. The zero-order chi connectivity index (χ0) is 9.84. The number of hydrogen-bond acceptors (Lipinski definition) is 4. The molecule has 0 spiro atoms. The molecule has 0 radical (unpaired) electrons. The summed E-state index contributed by atoms with van der Waals surface area (Å²) in [6.45, 7) is 0.456. The fourth-order valence-corrected chi connectivity index (χ4v) is 1.02. The van der Waals surface area contributed by atoms with Gasteiger partial charge in [-0.15, -0.1) is 0 Å². The van der Waals surface area contributed by atoms with Crippen molar-refractivity contribution in [3.05, 3.63) is 17.7 Å². The number of hydrogen-bond donors (Lipinski definition) is 3. The Morgan fingerprint density at radius 3 is 2.46 bits per heavy atom. The largest absolute Gasteiger partial charge is 0.504 e. The van der Waals surface area contributed by atoms with Crippen molar-refractivity contribution >= 4 is 0 Å². The number of benzene rings is 1. The molecule has 0 bridgehead atoms. The predicted molar refractivity (Wildman–Crippen MR) is 47.0 cm³/mol. The first-order valence-electron chi connectivity index (χ1n) is 3.88. The standard InChI is InChI=1S/C9H12O4/c1-13-5-4-6-2-3-7(10)9(12)8(6)11/h2-3,10-12H,4-5H2,1H3. The van der Waals surface area contributed by atoms with Crippen LogP contribution in [0.15, 0.2) is 12.1 Å². The zero-order valence-electron chi connectivity index (χ0n) is 7.32. The Balaban J connectivity index is 2.90. The molecule has 0 aliphatic carbocycles. The van der Waals surface area contributed by atoms with Gasteiger partial charge in [0.2, 0.25) is 5.75 Å². The molecule has 1 aromatic carbocycles. The Morgan fingerprint density at radius 2 is 1.85 bits per heavy atom. The number of aromatic hydroxyl groups is 3. The van der Waals surface area contributed by atoms with Crippen LogP contribution < -0.4 is 0 Å². The lowest BCUT2D eigenvalue weighted by molar-refractivity contribution is 0.201. The second-order valence-corrected chi connectivity index (χ2v) is 2.68. The number of rotatable bonds is 3. The number of ether oxygens (including phenoxy) is 1. The van der Waals surface area contributed by atoms with Gasteiger partial charge in [-0.05, 0) is 12.5 Å². The summed E-state index contributed by atoms with van der Waals surface area (Å²) in [6, 6.07) is 2.88. The van der Waals surface area contributed by atoms with Crippen LogP contribution in [0.2, 0.25) is 0 Å². The summed E-state index contributed by atoms with van der Waals surface area (Å²) in [6.07, 6.45) is 0.496. The Morgan fingerprint density at radius 1 is 1.15 bits per heavy atom. The van der Waals surface area contributed by atoms with E-state index >= 15 is 0 Å². The van der Waals surface area contributed by atoms with Crippen LogP contribution in [0.5, 0.6) is 17.2 Å². The summed E-state index contributed by atoms with van der Waals surface area (Å²) < 4.78 is 4.82. The molecule has 1 aromatic rings. The van der Waals surface area contributed by atoms with Gasteiger partial charge < -0.3 is 20.1 Å². The van der Waals surface area contributed by atoms with Gasteiger partial charge in [0.05, 0.1) is 6.61 Å². The minimum absolute atomic E-state index is 0.281. The van der Waals surface area contributed by atoms with Crippen LogP contribution in [0.3, 0.4) is 0 Å². The molecule has 0 amide bonds. The highest BCUT2D eigenvalue weighted by Crippen LogP contribution is 2.36. The van der Waals surface area contributed by atoms with Crippen molar-refractivity contribution in [2.45, 2.75) is 6.42 Å². The first-order valence-corrected chi connectivity index (χ1v) is 3.88. The van der Waals surface area contributed by atoms with Gasteiger partial charge in [0.25, 0.3) is 0 Å². The van der Waals surface area contributed by atoms with Crippen molar-refractivity contribution in [2.75, 3.05) is 13.7 Å². The molecule has 4 nitrogen and oxygen atoms in total. The summed E-state index contributed by atoms with van der Waals surface area (Å²) >= 11 is 0. The van der Waals surface area contributed by atoms with Crippen LogP contribution >= 0.6 is 0 Å². The Kier molecular flexibility index (Phi) is 2.97. The van der Waals surface area contributed by atoms with E-state index in [9.17, 15) is 5.11 Å². The van der Waals surface area contributed by atoms with E-state index < -0.39 is 5.75 Å². The normalized spacial score (nSPS) is 10.2. The third-order valence-electron chi connectivity index (χ3n) is 1.79. The lowest BCUT2D eigenvalue weighted by atomic mass is 10.1. The SMILES string of the molecule is COCCc1ccc(O)c(O)c1O. The molecule has 13 heavy (non-hydrogen) atoms. The second kappa shape index (κ2) is 4.00. The minimum atomic E-state index is -0.478. The van der Waals surface area contributed by atoms with E-state index in [2.05, 4.69) is 0 Å². The molecule has 0 heterocycles. The maximum Gasteiger partial charge on any atom is 0.200 e. The molecule has 0 fully saturated rings. The number of phenols is 3. The molecule has 0 aliphatic rings. The van der Waals surface area contributed by atoms with Crippen molar-refractivity contribution in [2.24, 2.45) is 0 Å². The average molecular weight is 184 g/mol. The van der Waals surface area contributed by atoms with E-state index in [1.165, 1.54) is 6.07 Å². The van der Waals surface area contributed by atoms with Crippen molar-refractivity contribution < 1.29 is 20.1 Å². The van der Waals surface area contributed by atoms with Crippen LogP contribution in [0.4, 0.5) is 0 Å². The van der Waals surface area contributed by atoms with Gasteiger partial charge in [0, 0.05) is 12.7 Å².